The summed E-state index contributed by atoms with van der Waals surface area (Å²) in [5.41, 5.74) is 3.18. The van der Waals surface area contributed by atoms with Gasteiger partial charge in [-0.3, -0.25) is 4.99 Å². The molecule has 3 aromatic rings. The van der Waals surface area contributed by atoms with Crippen LogP contribution in [0.5, 0.6) is 5.75 Å². The van der Waals surface area contributed by atoms with Crippen LogP contribution < -0.4 is 4.74 Å². The third-order valence-electron chi connectivity index (χ3n) is 5.55. The van der Waals surface area contributed by atoms with E-state index < -0.39 is 5.72 Å². The number of aliphatic hydroxyl groups is 1. The molecule has 0 aromatic heterocycles. The maximum absolute atomic E-state index is 11.7. The molecule has 0 saturated heterocycles. The van der Waals surface area contributed by atoms with E-state index in [0.717, 1.165) is 40.4 Å². The Bertz CT molecular complexity index is 1010. The second-order valence-corrected chi connectivity index (χ2v) is 7.31. The van der Waals surface area contributed by atoms with Gasteiger partial charge < -0.3 is 14.7 Å². The van der Waals surface area contributed by atoms with Crippen molar-refractivity contribution >= 4 is 5.84 Å². The molecule has 0 radical (unpaired) electrons. The number of rotatable bonds is 4. The quantitative estimate of drug-likeness (QED) is 0.761. The van der Waals surface area contributed by atoms with Gasteiger partial charge in [0, 0.05) is 24.1 Å². The van der Waals surface area contributed by atoms with Gasteiger partial charge in [-0.15, -0.1) is 0 Å². The molecule has 1 unspecified atom stereocenters. The molecule has 4 heteroatoms. The first-order chi connectivity index (χ1) is 13.7. The maximum atomic E-state index is 11.7. The summed E-state index contributed by atoms with van der Waals surface area (Å²) >= 11 is 0. The molecule has 1 atom stereocenters. The maximum Gasteiger partial charge on any atom is 0.169 e. The lowest BCUT2D eigenvalue weighted by molar-refractivity contribution is -0.0745. The van der Waals surface area contributed by atoms with Crippen molar-refractivity contribution in [3.8, 4) is 5.75 Å². The minimum atomic E-state index is -1.08. The molecule has 0 saturated carbocycles. The lowest BCUT2D eigenvalue weighted by Crippen LogP contribution is -2.53. The van der Waals surface area contributed by atoms with Crippen molar-refractivity contribution in [1.82, 2.24) is 4.90 Å². The van der Waals surface area contributed by atoms with Crippen LogP contribution in [0.1, 0.15) is 22.3 Å². The largest absolute Gasteiger partial charge is 0.489 e. The molecule has 140 valence electrons. The van der Waals surface area contributed by atoms with Gasteiger partial charge in [0.25, 0.3) is 0 Å². The summed E-state index contributed by atoms with van der Waals surface area (Å²) < 4.78 is 5.89. The van der Waals surface area contributed by atoms with Gasteiger partial charge >= 0.3 is 0 Å². The number of benzene rings is 3. The third kappa shape index (κ3) is 2.86. The molecular weight excluding hydrogens is 348 g/mol. The van der Waals surface area contributed by atoms with E-state index in [1.54, 1.807) is 0 Å². The highest BCUT2D eigenvalue weighted by atomic mass is 16.5. The predicted molar refractivity (Wildman–Crippen MR) is 109 cm³/mol. The predicted octanol–water partition coefficient (Wildman–Crippen LogP) is 3.73. The fourth-order valence-corrected chi connectivity index (χ4v) is 4.11. The van der Waals surface area contributed by atoms with Gasteiger partial charge in [0.05, 0.1) is 6.54 Å². The highest BCUT2D eigenvalue weighted by Gasteiger charge is 2.44. The first-order valence-corrected chi connectivity index (χ1v) is 9.64. The van der Waals surface area contributed by atoms with Crippen LogP contribution in [0.15, 0.2) is 83.9 Å². The number of amidine groups is 1. The first-order valence-electron chi connectivity index (χ1n) is 9.64. The second kappa shape index (κ2) is 6.80. The Morgan fingerprint density at radius 2 is 1.68 bits per heavy atom. The number of hydrogen-bond donors (Lipinski definition) is 1. The number of hydrogen-bond acceptors (Lipinski definition) is 4. The standard InChI is InChI=1S/C24H22N2O2/c27-24(16-19-8-4-5-9-22(19)23-25-14-15-26(23)24)20-10-12-21(13-11-20)28-17-18-6-2-1-3-7-18/h1-13,27H,14-17H2. The summed E-state index contributed by atoms with van der Waals surface area (Å²) in [5.74, 6) is 1.69. The molecule has 2 aliphatic rings. The zero-order chi connectivity index (χ0) is 19.0. The molecule has 0 fully saturated rings. The van der Waals surface area contributed by atoms with E-state index in [-0.39, 0.29) is 0 Å². The van der Waals surface area contributed by atoms with E-state index in [9.17, 15) is 5.11 Å². The molecule has 2 heterocycles. The van der Waals surface area contributed by atoms with Crippen molar-refractivity contribution in [2.75, 3.05) is 13.1 Å². The van der Waals surface area contributed by atoms with Crippen LogP contribution in [-0.4, -0.2) is 28.9 Å². The van der Waals surface area contributed by atoms with Crippen molar-refractivity contribution in [3.63, 3.8) is 0 Å². The van der Waals surface area contributed by atoms with Crippen LogP contribution in [0.25, 0.3) is 0 Å². The molecule has 4 nitrogen and oxygen atoms in total. The Labute approximate surface area is 164 Å². The Balaban J connectivity index is 1.40. The summed E-state index contributed by atoms with van der Waals surface area (Å²) in [6.07, 6.45) is 0.548. The van der Waals surface area contributed by atoms with Gasteiger partial charge in [-0.25, -0.2) is 0 Å². The van der Waals surface area contributed by atoms with Crippen molar-refractivity contribution in [2.24, 2.45) is 4.99 Å². The second-order valence-electron chi connectivity index (χ2n) is 7.31. The van der Waals surface area contributed by atoms with Crippen LogP contribution in [0.4, 0.5) is 0 Å². The number of fused-ring (bicyclic) bond motifs is 3. The average molecular weight is 370 g/mol. The number of ether oxygens (including phenoxy) is 1. The van der Waals surface area contributed by atoms with Gasteiger partial charge in [0.2, 0.25) is 0 Å². The van der Waals surface area contributed by atoms with Crippen LogP contribution in [-0.2, 0) is 18.8 Å². The number of aliphatic imine (C=N–C) groups is 1. The zero-order valence-electron chi connectivity index (χ0n) is 15.6. The van der Waals surface area contributed by atoms with Gasteiger partial charge in [0.15, 0.2) is 5.72 Å². The molecule has 0 amide bonds. The minimum Gasteiger partial charge on any atom is -0.489 e. The van der Waals surface area contributed by atoms with E-state index >= 15 is 0 Å². The average Bonchev–Trinajstić information content (AvgIpc) is 3.25. The molecule has 0 spiro atoms. The Hall–Kier alpha value is -3.11. The summed E-state index contributed by atoms with van der Waals surface area (Å²) in [6.45, 7) is 1.97. The van der Waals surface area contributed by atoms with E-state index in [2.05, 4.69) is 17.1 Å². The fourth-order valence-electron chi connectivity index (χ4n) is 4.11. The van der Waals surface area contributed by atoms with Gasteiger partial charge in [-0.2, -0.15) is 0 Å². The molecule has 3 aromatic carbocycles. The van der Waals surface area contributed by atoms with E-state index in [1.807, 2.05) is 71.6 Å². The van der Waals surface area contributed by atoms with E-state index in [1.165, 1.54) is 0 Å². The molecular formula is C24H22N2O2. The Kier molecular flexibility index (Phi) is 4.14. The van der Waals surface area contributed by atoms with Crippen LogP contribution in [0.2, 0.25) is 0 Å². The third-order valence-corrected chi connectivity index (χ3v) is 5.55. The molecule has 0 aliphatic carbocycles. The first kappa shape index (κ1) is 17.0. The summed E-state index contributed by atoms with van der Waals surface area (Å²) in [7, 11) is 0. The molecule has 2 aliphatic heterocycles. The fraction of sp³-hybridized carbons (Fsp3) is 0.208. The van der Waals surface area contributed by atoms with Gasteiger partial charge in [-0.05, 0) is 23.3 Å². The SMILES string of the molecule is OC1(c2ccc(OCc3ccccc3)cc2)Cc2ccccc2C2=NCCN21. The van der Waals surface area contributed by atoms with Gasteiger partial charge in [0.1, 0.15) is 18.2 Å². The van der Waals surface area contributed by atoms with Gasteiger partial charge in [-0.1, -0.05) is 66.7 Å². The number of nitrogens with zero attached hydrogens (tertiary/aromatic N) is 2. The lowest BCUT2D eigenvalue weighted by atomic mass is 9.86. The van der Waals surface area contributed by atoms with Crippen LogP contribution in [0.3, 0.4) is 0 Å². The Morgan fingerprint density at radius 3 is 2.50 bits per heavy atom. The van der Waals surface area contributed by atoms with Crippen molar-refractivity contribution < 1.29 is 9.84 Å². The summed E-state index contributed by atoms with van der Waals surface area (Å²) in [4.78, 5) is 6.70. The highest BCUT2D eigenvalue weighted by Crippen LogP contribution is 2.39. The zero-order valence-corrected chi connectivity index (χ0v) is 15.6. The summed E-state index contributed by atoms with van der Waals surface area (Å²) in [5, 5.41) is 11.7. The molecule has 28 heavy (non-hydrogen) atoms. The Morgan fingerprint density at radius 1 is 0.929 bits per heavy atom. The molecule has 1 N–H and O–H groups in total. The normalized spacial score (nSPS) is 20.3. The van der Waals surface area contributed by atoms with Crippen molar-refractivity contribution in [2.45, 2.75) is 18.8 Å². The summed E-state index contributed by atoms with van der Waals surface area (Å²) in [6, 6.07) is 26.1. The van der Waals surface area contributed by atoms with Crippen molar-refractivity contribution in [1.29, 1.82) is 0 Å². The van der Waals surface area contributed by atoms with E-state index in [0.29, 0.717) is 19.6 Å². The lowest BCUT2D eigenvalue weighted by Gasteiger charge is -2.43. The molecule has 5 rings (SSSR count). The monoisotopic (exact) mass is 370 g/mol. The molecule has 0 bridgehead atoms. The van der Waals surface area contributed by atoms with Crippen molar-refractivity contribution in [3.05, 3.63) is 101 Å². The highest BCUT2D eigenvalue weighted by molar-refractivity contribution is 6.02. The minimum absolute atomic E-state index is 0.529. The smallest absolute Gasteiger partial charge is 0.169 e. The van der Waals surface area contributed by atoms with Crippen LogP contribution in [0, 0.1) is 0 Å². The van der Waals surface area contributed by atoms with Crippen LogP contribution >= 0.6 is 0 Å². The topological polar surface area (TPSA) is 45.1 Å². The van der Waals surface area contributed by atoms with E-state index in [4.69, 9.17) is 4.74 Å².